The molecule has 0 aliphatic carbocycles. The first-order valence-electron chi connectivity index (χ1n) is 6.57. The number of carbonyl (C=O) groups is 1. The first kappa shape index (κ1) is 16.0. The molecule has 0 aliphatic heterocycles. The van der Waals surface area contributed by atoms with Gasteiger partial charge in [-0.2, -0.15) is 4.98 Å². The van der Waals surface area contributed by atoms with Gasteiger partial charge in [0, 0.05) is 15.8 Å². The highest BCUT2D eigenvalue weighted by Gasteiger charge is 2.11. The summed E-state index contributed by atoms with van der Waals surface area (Å²) < 4.78 is 5.75. The van der Waals surface area contributed by atoms with E-state index in [4.69, 9.17) is 9.63 Å². The zero-order valence-electron chi connectivity index (χ0n) is 11.5. The van der Waals surface area contributed by atoms with Crippen LogP contribution in [0.15, 0.2) is 32.1 Å². The SMILES string of the molecule is CCCCc1noc(CSc2ccc(Br)c(C(=O)O)c2)n1. The third kappa shape index (κ3) is 4.57. The van der Waals surface area contributed by atoms with Crippen molar-refractivity contribution in [3.05, 3.63) is 40.0 Å². The molecule has 5 nitrogen and oxygen atoms in total. The first-order chi connectivity index (χ1) is 10.1. The Hall–Kier alpha value is -1.34. The van der Waals surface area contributed by atoms with E-state index in [-0.39, 0.29) is 5.56 Å². The van der Waals surface area contributed by atoms with Crippen LogP contribution in [-0.2, 0) is 12.2 Å². The van der Waals surface area contributed by atoms with Crippen LogP contribution in [0.1, 0.15) is 41.8 Å². The van der Waals surface area contributed by atoms with Crippen molar-refractivity contribution in [2.45, 2.75) is 36.8 Å². The second-order valence-electron chi connectivity index (χ2n) is 4.44. The maximum atomic E-state index is 11.1. The summed E-state index contributed by atoms with van der Waals surface area (Å²) in [5, 5.41) is 13.0. The van der Waals surface area contributed by atoms with Crippen LogP contribution in [0.4, 0.5) is 0 Å². The molecule has 1 aromatic carbocycles. The summed E-state index contributed by atoms with van der Waals surface area (Å²) in [4.78, 5) is 16.2. The number of halogens is 1. The molecule has 0 aliphatic rings. The van der Waals surface area contributed by atoms with E-state index in [1.807, 2.05) is 6.07 Å². The van der Waals surface area contributed by atoms with Crippen LogP contribution in [0.25, 0.3) is 0 Å². The minimum atomic E-state index is -0.955. The van der Waals surface area contributed by atoms with Gasteiger partial charge in [-0.05, 0) is 40.5 Å². The normalized spacial score (nSPS) is 10.8. The highest BCUT2D eigenvalue weighted by atomic mass is 79.9. The van der Waals surface area contributed by atoms with Crippen LogP contribution in [-0.4, -0.2) is 21.2 Å². The maximum Gasteiger partial charge on any atom is 0.336 e. The number of thioether (sulfide) groups is 1. The van der Waals surface area contributed by atoms with Crippen LogP contribution in [0, 0.1) is 0 Å². The topological polar surface area (TPSA) is 76.2 Å². The lowest BCUT2D eigenvalue weighted by atomic mass is 10.2. The van der Waals surface area contributed by atoms with Gasteiger partial charge in [-0.25, -0.2) is 4.79 Å². The molecule has 7 heteroatoms. The smallest absolute Gasteiger partial charge is 0.336 e. The van der Waals surface area contributed by atoms with Gasteiger partial charge in [0.15, 0.2) is 5.82 Å². The molecule has 0 saturated carbocycles. The molecule has 112 valence electrons. The summed E-state index contributed by atoms with van der Waals surface area (Å²) in [6, 6.07) is 5.22. The lowest BCUT2D eigenvalue weighted by molar-refractivity contribution is 0.0695. The number of benzene rings is 1. The van der Waals surface area contributed by atoms with Crippen molar-refractivity contribution in [1.29, 1.82) is 0 Å². The fourth-order valence-corrected chi connectivity index (χ4v) is 2.88. The summed E-state index contributed by atoms with van der Waals surface area (Å²) in [6.07, 6.45) is 2.96. The molecule has 1 N–H and O–H groups in total. The van der Waals surface area contributed by atoms with Gasteiger partial charge in [-0.3, -0.25) is 0 Å². The van der Waals surface area contributed by atoms with Crippen molar-refractivity contribution in [3.8, 4) is 0 Å². The van der Waals surface area contributed by atoms with E-state index < -0.39 is 5.97 Å². The number of aromatic carboxylic acids is 1. The largest absolute Gasteiger partial charge is 0.478 e. The summed E-state index contributed by atoms with van der Waals surface area (Å²) in [7, 11) is 0. The number of carboxylic acid groups (broad SMARTS) is 1. The van der Waals surface area contributed by atoms with Crippen LogP contribution in [0.2, 0.25) is 0 Å². The molecule has 2 rings (SSSR count). The standard InChI is InChI=1S/C14H15BrN2O3S/c1-2-3-4-12-16-13(20-17-12)8-21-9-5-6-11(15)10(7-9)14(18)19/h5-7H,2-4,8H2,1H3,(H,18,19). The molecule has 0 spiro atoms. The Morgan fingerprint density at radius 2 is 2.29 bits per heavy atom. The van der Waals surface area contributed by atoms with E-state index in [9.17, 15) is 4.79 Å². The second kappa shape index (κ2) is 7.61. The van der Waals surface area contributed by atoms with E-state index in [0.717, 1.165) is 30.0 Å². The number of hydrogen-bond donors (Lipinski definition) is 1. The van der Waals surface area contributed by atoms with E-state index in [0.29, 0.717) is 16.1 Å². The summed E-state index contributed by atoms with van der Waals surface area (Å²) >= 11 is 4.69. The molecular weight excluding hydrogens is 356 g/mol. The molecule has 0 amide bonds. The predicted molar refractivity (Wildman–Crippen MR) is 83.6 cm³/mol. The second-order valence-corrected chi connectivity index (χ2v) is 6.35. The monoisotopic (exact) mass is 370 g/mol. The van der Waals surface area contributed by atoms with Gasteiger partial charge in [0.1, 0.15) is 0 Å². The molecule has 0 atom stereocenters. The Morgan fingerprint density at radius 3 is 3.00 bits per heavy atom. The fourth-order valence-electron chi connectivity index (χ4n) is 1.69. The Balaban J connectivity index is 1.98. The van der Waals surface area contributed by atoms with Crippen molar-refractivity contribution in [1.82, 2.24) is 10.1 Å². The van der Waals surface area contributed by atoms with Crippen LogP contribution < -0.4 is 0 Å². The average molecular weight is 371 g/mol. The van der Waals surface area contributed by atoms with Crippen LogP contribution in [0.3, 0.4) is 0 Å². The molecule has 0 unspecified atom stereocenters. The van der Waals surface area contributed by atoms with Gasteiger partial charge in [0.05, 0.1) is 11.3 Å². The summed E-state index contributed by atoms with van der Waals surface area (Å²) in [6.45, 7) is 2.12. The van der Waals surface area contributed by atoms with Crippen molar-refractivity contribution in [2.75, 3.05) is 0 Å². The first-order valence-corrected chi connectivity index (χ1v) is 8.35. The number of hydrogen-bond acceptors (Lipinski definition) is 5. The molecule has 2 aromatic rings. The molecule has 1 heterocycles. The van der Waals surface area contributed by atoms with Gasteiger partial charge in [0.2, 0.25) is 5.89 Å². The maximum absolute atomic E-state index is 11.1. The van der Waals surface area contributed by atoms with E-state index in [1.165, 1.54) is 11.8 Å². The zero-order valence-corrected chi connectivity index (χ0v) is 13.9. The Morgan fingerprint density at radius 1 is 1.48 bits per heavy atom. The van der Waals surface area contributed by atoms with Crippen LogP contribution >= 0.6 is 27.7 Å². The van der Waals surface area contributed by atoms with Gasteiger partial charge in [-0.1, -0.05) is 18.5 Å². The highest BCUT2D eigenvalue weighted by molar-refractivity contribution is 9.10. The number of carboxylic acids is 1. The lowest BCUT2D eigenvalue weighted by Crippen LogP contribution is -1.97. The lowest BCUT2D eigenvalue weighted by Gasteiger charge is -2.02. The minimum Gasteiger partial charge on any atom is -0.478 e. The van der Waals surface area contributed by atoms with Gasteiger partial charge < -0.3 is 9.63 Å². The zero-order chi connectivity index (χ0) is 15.2. The summed E-state index contributed by atoms with van der Waals surface area (Å²) in [5.41, 5.74) is 0.245. The van der Waals surface area contributed by atoms with E-state index in [1.54, 1.807) is 12.1 Å². The predicted octanol–water partition coefficient (Wildman–Crippen LogP) is 4.17. The Bertz CT molecular complexity index is 630. The number of nitrogens with zero attached hydrogens (tertiary/aromatic N) is 2. The molecule has 0 radical (unpaired) electrons. The average Bonchev–Trinajstić information content (AvgIpc) is 2.92. The number of aryl methyl sites for hydroxylation is 1. The van der Waals surface area contributed by atoms with Crippen LogP contribution in [0.5, 0.6) is 0 Å². The van der Waals surface area contributed by atoms with Crippen molar-refractivity contribution in [3.63, 3.8) is 0 Å². The van der Waals surface area contributed by atoms with Gasteiger partial charge in [0.25, 0.3) is 0 Å². The molecule has 21 heavy (non-hydrogen) atoms. The molecule has 0 bridgehead atoms. The molecule has 1 aromatic heterocycles. The van der Waals surface area contributed by atoms with Gasteiger partial charge >= 0.3 is 5.97 Å². The van der Waals surface area contributed by atoms with E-state index >= 15 is 0 Å². The third-order valence-electron chi connectivity index (χ3n) is 2.79. The fraction of sp³-hybridized carbons (Fsp3) is 0.357. The number of aromatic nitrogens is 2. The van der Waals surface area contributed by atoms with Gasteiger partial charge in [-0.15, -0.1) is 11.8 Å². The highest BCUT2D eigenvalue weighted by Crippen LogP contribution is 2.27. The van der Waals surface area contributed by atoms with Crippen molar-refractivity contribution < 1.29 is 14.4 Å². The molecular formula is C14H15BrN2O3S. The summed E-state index contributed by atoms with van der Waals surface area (Å²) in [5.74, 6) is 0.865. The number of unbranched alkanes of at least 4 members (excludes halogenated alkanes) is 1. The van der Waals surface area contributed by atoms with Crippen molar-refractivity contribution in [2.24, 2.45) is 0 Å². The quantitative estimate of drug-likeness (QED) is 0.737. The third-order valence-corrected chi connectivity index (χ3v) is 4.46. The Labute approximate surface area is 135 Å². The van der Waals surface area contributed by atoms with E-state index in [2.05, 4.69) is 33.0 Å². The molecule has 0 saturated heterocycles. The number of rotatable bonds is 7. The Kier molecular flexibility index (Phi) is 5.81. The molecule has 0 fully saturated rings. The van der Waals surface area contributed by atoms with Crippen molar-refractivity contribution >= 4 is 33.7 Å². The minimum absolute atomic E-state index is 0.245.